The van der Waals surface area contributed by atoms with Gasteiger partial charge >= 0.3 is 5.97 Å². The van der Waals surface area contributed by atoms with Gasteiger partial charge < -0.3 is 19.1 Å². The molecule has 1 aromatic heterocycles. The minimum atomic E-state index is -0.954. The molecule has 28 heavy (non-hydrogen) atoms. The van der Waals surface area contributed by atoms with Gasteiger partial charge in [0.25, 0.3) is 0 Å². The summed E-state index contributed by atoms with van der Waals surface area (Å²) in [5.41, 5.74) is 2.70. The third kappa shape index (κ3) is 2.67. The van der Waals surface area contributed by atoms with Gasteiger partial charge in [-0.3, -0.25) is 0 Å². The Balaban J connectivity index is 2.12. The van der Waals surface area contributed by atoms with Gasteiger partial charge in [-0.25, -0.2) is 4.79 Å². The van der Waals surface area contributed by atoms with Crippen LogP contribution in [0, 0.1) is 6.92 Å². The molecule has 0 spiro atoms. The monoisotopic (exact) mass is 375 g/mol. The SMILES string of the molecule is CCOc1ccc(-n2c(C)c(C(=O)O)c3cc(OC)c4ccccc4c32)cc1. The van der Waals surface area contributed by atoms with Crippen LogP contribution in [0.3, 0.4) is 0 Å². The molecule has 4 rings (SSSR count). The van der Waals surface area contributed by atoms with Gasteiger partial charge in [-0.15, -0.1) is 0 Å². The van der Waals surface area contributed by atoms with Crippen LogP contribution in [0.5, 0.6) is 11.5 Å². The molecule has 5 heteroatoms. The molecule has 0 saturated heterocycles. The molecule has 0 amide bonds. The van der Waals surface area contributed by atoms with Crippen molar-refractivity contribution in [1.29, 1.82) is 0 Å². The number of hydrogen-bond acceptors (Lipinski definition) is 3. The fourth-order valence-corrected chi connectivity index (χ4v) is 3.85. The maximum absolute atomic E-state index is 12.1. The van der Waals surface area contributed by atoms with Crippen molar-refractivity contribution in [3.8, 4) is 17.2 Å². The molecule has 3 aromatic carbocycles. The number of fused-ring (bicyclic) bond motifs is 3. The fourth-order valence-electron chi connectivity index (χ4n) is 3.85. The standard InChI is InChI=1S/C23H21NO4/c1-4-28-16-11-9-15(10-12-16)24-14(2)21(23(25)26)19-13-20(27-3)17-7-5-6-8-18(17)22(19)24/h5-13H,4H2,1-3H3,(H,25,26). The summed E-state index contributed by atoms with van der Waals surface area (Å²) < 4.78 is 13.1. The highest BCUT2D eigenvalue weighted by molar-refractivity contribution is 6.16. The average Bonchev–Trinajstić information content (AvgIpc) is 3.00. The van der Waals surface area contributed by atoms with Gasteiger partial charge in [0.1, 0.15) is 11.5 Å². The normalized spacial score (nSPS) is 11.1. The van der Waals surface area contributed by atoms with E-state index in [-0.39, 0.29) is 5.56 Å². The second kappa shape index (κ2) is 6.93. The highest BCUT2D eigenvalue weighted by Gasteiger charge is 2.23. The zero-order valence-corrected chi connectivity index (χ0v) is 16.0. The number of carboxylic acids is 1. The maximum Gasteiger partial charge on any atom is 0.338 e. The van der Waals surface area contributed by atoms with Crippen LogP contribution in [-0.2, 0) is 0 Å². The Morgan fingerprint density at radius 1 is 1.04 bits per heavy atom. The first kappa shape index (κ1) is 17.9. The third-order valence-electron chi connectivity index (χ3n) is 5.01. The molecule has 0 bridgehead atoms. The largest absolute Gasteiger partial charge is 0.496 e. The molecule has 142 valence electrons. The van der Waals surface area contributed by atoms with Crippen LogP contribution in [0.1, 0.15) is 23.0 Å². The van der Waals surface area contributed by atoms with Crippen molar-refractivity contribution in [3.05, 3.63) is 65.9 Å². The maximum atomic E-state index is 12.1. The van der Waals surface area contributed by atoms with E-state index in [0.29, 0.717) is 23.4 Å². The van der Waals surface area contributed by atoms with E-state index in [9.17, 15) is 9.90 Å². The summed E-state index contributed by atoms with van der Waals surface area (Å²) in [6, 6.07) is 17.4. The molecular formula is C23H21NO4. The number of aromatic carboxylic acids is 1. The number of carboxylic acid groups (broad SMARTS) is 1. The molecular weight excluding hydrogens is 354 g/mol. The quantitative estimate of drug-likeness (QED) is 0.521. The summed E-state index contributed by atoms with van der Waals surface area (Å²) in [6.07, 6.45) is 0. The van der Waals surface area contributed by atoms with Gasteiger partial charge in [-0.05, 0) is 44.2 Å². The highest BCUT2D eigenvalue weighted by atomic mass is 16.5. The second-order valence-corrected chi connectivity index (χ2v) is 6.55. The fraction of sp³-hybridized carbons (Fsp3) is 0.174. The lowest BCUT2D eigenvalue weighted by Crippen LogP contribution is -2.02. The smallest absolute Gasteiger partial charge is 0.338 e. The Morgan fingerprint density at radius 2 is 1.71 bits per heavy atom. The van der Waals surface area contributed by atoms with Gasteiger partial charge in [0, 0.05) is 27.5 Å². The number of hydrogen-bond donors (Lipinski definition) is 1. The molecule has 0 aliphatic carbocycles. The Hall–Kier alpha value is -3.47. The Kier molecular flexibility index (Phi) is 4.43. The summed E-state index contributed by atoms with van der Waals surface area (Å²) in [6.45, 7) is 4.37. The Labute approximate surface area is 162 Å². The van der Waals surface area contributed by atoms with Gasteiger partial charge in [0.2, 0.25) is 0 Å². The lowest BCUT2D eigenvalue weighted by Gasteiger charge is -2.13. The van der Waals surface area contributed by atoms with Crippen LogP contribution in [0.2, 0.25) is 0 Å². The molecule has 0 aliphatic rings. The molecule has 4 aromatic rings. The summed E-state index contributed by atoms with van der Waals surface area (Å²) in [7, 11) is 1.60. The first-order valence-corrected chi connectivity index (χ1v) is 9.14. The van der Waals surface area contributed by atoms with Crippen molar-refractivity contribution in [2.75, 3.05) is 13.7 Å². The molecule has 0 aliphatic heterocycles. The number of methoxy groups -OCH3 is 1. The molecule has 0 atom stereocenters. The van der Waals surface area contributed by atoms with E-state index >= 15 is 0 Å². The Morgan fingerprint density at radius 3 is 2.32 bits per heavy atom. The van der Waals surface area contributed by atoms with Crippen molar-refractivity contribution in [2.24, 2.45) is 0 Å². The van der Waals surface area contributed by atoms with Crippen molar-refractivity contribution in [1.82, 2.24) is 4.57 Å². The zero-order chi connectivity index (χ0) is 19.8. The second-order valence-electron chi connectivity index (χ2n) is 6.55. The number of aromatic nitrogens is 1. The van der Waals surface area contributed by atoms with Crippen LogP contribution in [0.4, 0.5) is 0 Å². The minimum Gasteiger partial charge on any atom is -0.496 e. The van der Waals surface area contributed by atoms with Crippen LogP contribution in [0.25, 0.3) is 27.4 Å². The first-order chi connectivity index (χ1) is 13.6. The van der Waals surface area contributed by atoms with Crippen LogP contribution < -0.4 is 9.47 Å². The van der Waals surface area contributed by atoms with Crippen molar-refractivity contribution in [3.63, 3.8) is 0 Å². The topological polar surface area (TPSA) is 60.7 Å². The summed E-state index contributed by atoms with van der Waals surface area (Å²) >= 11 is 0. The van der Waals surface area contributed by atoms with Crippen molar-refractivity contribution < 1.29 is 19.4 Å². The van der Waals surface area contributed by atoms with Gasteiger partial charge in [0.05, 0.1) is 24.8 Å². The minimum absolute atomic E-state index is 0.285. The summed E-state index contributed by atoms with van der Waals surface area (Å²) in [5.74, 6) is 0.490. The van der Waals surface area contributed by atoms with E-state index in [2.05, 4.69) is 0 Å². The number of nitrogens with zero attached hydrogens (tertiary/aromatic N) is 1. The average molecular weight is 375 g/mol. The molecule has 5 nitrogen and oxygen atoms in total. The lowest BCUT2D eigenvalue weighted by molar-refractivity contribution is 0.0698. The van der Waals surface area contributed by atoms with Crippen LogP contribution in [0.15, 0.2) is 54.6 Å². The molecule has 0 radical (unpaired) electrons. The number of rotatable bonds is 5. The van der Waals surface area contributed by atoms with Gasteiger partial charge in [0.15, 0.2) is 0 Å². The number of benzene rings is 3. The van der Waals surface area contributed by atoms with E-state index in [4.69, 9.17) is 9.47 Å². The third-order valence-corrected chi connectivity index (χ3v) is 5.01. The van der Waals surface area contributed by atoms with Crippen molar-refractivity contribution in [2.45, 2.75) is 13.8 Å². The molecule has 0 saturated carbocycles. The predicted molar refractivity (Wildman–Crippen MR) is 110 cm³/mol. The van der Waals surface area contributed by atoms with Gasteiger partial charge in [-0.2, -0.15) is 0 Å². The zero-order valence-electron chi connectivity index (χ0n) is 16.0. The van der Waals surface area contributed by atoms with E-state index in [1.807, 2.05) is 73.0 Å². The van der Waals surface area contributed by atoms with Crippen molar-refractivity contribution >= 4 is 27.6 Å². The molecule has 0 fully saturated rings. The van der Waals surface area contributed by atoms with E-state index in [1.165, 1.54) is 0 Å². The van der Waals surface area contributed by atoms with Crippen LogP contribution >= 0.6 is 0 Å². The molecule has 1 N–H and O–H groups in total. The first-order valence-electron chi connectivity index (χ1n) is 9.14. The molecule has 0 unspecified atom stereocenters. The van der Waals surface area contributed by atoms with E-state index < -0.39 is 5.97 Å². The number of ether oxygens (including phenoxy) is 2. The number of carbonyl (C=O) groups is 1. The Bertz CT molecular complexity index is 1190. The highest BCUT2D eigenvalue weighted by Crippen LogP contribution is 2.39. The summed E-state index contributed by atoms with van der Waals surface area (Å²) in [4.78, 5) is 12.1. The molecule has 1 heterocycles. The predicted octanol–water partition coefficient (Wildman–Crippen LogP) is 5.20. The lowest BCUT2D eigenvalue weighted by atomic mass is 10.0. The van der Waals surface area contributed by atoms with Gasteiger partial charge in [-0.1, -0.05) is 24.3 Å². The summed E-state index contributed by atoms with van der Waals surface area (Å²) in [5, 5.41) is 12.5. The van der Waals surface area contributed by atoms with E-state index in [1.54, 1.807) is 7.11 Å². The van der Waals surface area contributed by atoms with Crippen LogP contribution in [-0.4, -0.2) is 29.4 Å². The van der Waals surface area contributed by atoms with E-state index in [0.717, 1.165) is 27.7 Å².